The Balaban J connectivity index is 2.15. The zero-order valence-electron chi connectivity index (χ0n) is 10.8. The van der Waals surface area contributed by atoms with Crippen LogP contribution in [0.1, 0.15) is 36.8 Å². The maximum Gasteiger partial charge on any atom is 0.417 e. The van der Waals surface area contributed by atoms with Gasteiger partial charge in [0.15, 0.2) is 0 Å². The summed E-state index contributed by atoms with van der Waals surface area (Å²) >= 11 is 0. The molecule has 6 heteroatoms. The molecule has 1 saturated carbocycles. The molecule has 1 aliphatic carbocycles. The van der Waals surface area contributed by atoms with Gasteiger partial charge in [0.1, 0.15) is 5.75 Å². The molecule has 0 heterocycles. The fourth-order valence-electron chi connectivity index (χ4n) is 2.33. The normalized spacial score (nSPS) is 23.1. The number of nitriles is 1. The van der Waals surface area contributed by atoms with Crippen LogP contribution in [0.25, 0.3) is 0 Å². The molecule has 1 fully saturated rings. The van der Waals surface area contributed by atoms with E-state index in [9.17, 15) is 13.2 Å². The summed E-state index contributed by atoms with van der Waals surface area (Å²) in [6.45, 7) is 0. The molecule has 1 aromatic carbocycles. The van der Waals surface area contributed by atoms with Crippen molar-refractivity contribution >= 4 is 0 Å². The first-order chi connectivity index (χ1) is 9.40. The van der Waals surface area contributed by atoms with E-state index in [2.05, 4.69) is 0 Å². The molecule has 2 N–H and O–H groups in total. The van der Waals surface area contributed by atoms with Crippen molar-refractivity contribution in [1.82, 2.24) is 0 Å². The van der Waals surface area contributed by atoms with Crippen LogP contribution in [0.4, 0.5) is 13.2 Å². The van der Waals surface area contributed by atoms with E-state index in [-0.39, 0.29) is 17.9 Å². The van der Waals surface area contributed by atoms with E-state index < -0.39 is 17.3 Å². The third-order valence-corrected chi connectivity index (χ3v) is 3.44. The average molecular weight is 284 g/mol. The minimum Gasteiger partial charge on any atom is -0.490 e. The highest BCUT2D eigenvalue weighted by Gasteiger charge is 2.34. The van der Waals surface area contributed by atoms with Gasteiger partial charge in [0.2, 0.25) is 0 Å². The summed E-state index contributed by atoms with van der Waals surface area (Å²) in [5.41, 5.74) is 4.42. The molecule has 0 saturated heterocycles. The number of rotatable bonds is 2. The Morgan fingerprint density at radius 1 is 1.20 bits per heavy atom. The van der Waals surface area contributed by atoms with Gasteiger partial charge in [0.05, 0.1) is 23.3 Å². The van der Waals surface area contributed by atoms with E-state index in [1.165, 1.54) is 6.07 Å². The summed E-state index contributed by atoms with van der Waals surface area (Å²) in [5.74, 6) is 0.150. The Hall–Kier alpha value is -1.74. The Kier molecular flexibility index (Phi) is 4.19. The van der Waals surface area contributed by atoms with Gasteiger partial charge in [-0.25, -0.2) is 0 Å². The van der Waals surface area contributed by atoms with E-state index in [1.54, 1.807) is 6.07 Å². The van der Waals surface area contributed by atoms with Gasteiger partial charge >= 0.3 is 6.18 Å². The molecule has 20 heavy (non-hydrogen) atoms. The second-order valence-electron chi connectivity index (χ2n) is 4.97. The molecular formula is C14H15F3N2O. The van der Waals surface area contributed by atoms with Crippen LogP contribution in [0.3, 0.4) is 0 Å². The zero-order valence-corrected chi connectivity index (χ0v) is 10.8. The first-order valence-corrected chi connectivity index (χ1v) is 6.43. The smallest absolute Gasteiger partial charge is 0.417 e. The minimum absolute atomic E-state index is 0.108. The summed E-state index contributed by atoms with van der Waals surface area (Å²) in [6, 6.07) is 5.15. The fraction of sp³-hybridized carbons (Fsp3) is 0.500. The summed E-state index contributed by atoms with van der Waals surface area (Å²) in [5, 5.41) is 8.72. The van der Waals surface area contributed by atoms with Gasteiger partial charge in [0.25, 0.3) is 0 Å². The fourth-order valence-corrected chi connectivity index (χ4v) is 2.33. The largest absolute Gasteiger partial charge is 0.490 e. The van der Waals surface area contributed by atoms with Crippen LogP contribution in [-0.4, -0.2) is 12.1 Å². The molecule has 1 aromatic rings. The third-order valence-electron chi connectivity index (χ3n) is 3.44. The van der Waals surface area contributed by atoms with Crippen molar-refractivity contribution in [2.75, 3.05) is 0 Å². The highest BCUT2D eigenvalue weighted by molar-refractivity contribution is 5.44. The second kappa shape index (κ2) is 5.71. The monoisotopic (exact) mass is 284 g/mol. The molecule has 0 radical (unpaired) electrons. The lowest BCUT2D eigenvalue weighted by Gasteiger charge is -2.27. The molecule has 0 unspecified atom stereocenters. The number of hydrogen-bond donors (Lipinski definition) is 1. The van der Waals surface area contributed by atoms with Crippen LogP contribution in [0, 0.1) is 11.3 Å². The van der Waals surface area contributed by atoms with Gasteiger partial charge < -0.3 is 10.5 Å². The Labute approximate surface area is 115 Å². The van der Waals surface area contributed by atoms with Gasteiger partial charge in [-0.3, -0.25) is 0 Å². The Bertz CT molecular complexity index is 514. The molecule has 0 amide bonds. The molecule has 3 nitrogen and oxygen atoms in total. The second-order valence-corrected chi connectivity index (χ2v) is 4.97. The summed E-state index contributed by atoms with van der Waals surface area (Å²) in [4.78, 5) is 0. The van der Waals surface area contributed by atoms with Crippen LogP contribution in [-0.2, 0) is 6.18 Å². The van der Waals surface area contributed by atoms with Crippen molar-refractivity contribution < 1.29 is 17.9 Å². The molecule has 0 atom stereocenters. The Morgan fingerprint density at radius 2 is 1.85 bits per heavy atom. The highest BCUT2D eigenvalue weighted by atomic mass is 19.4. The molecule has 0 aromatic heterocycles. The summed E-state index contributed by atoms with van der Waals surface area (Å²) < 4.78 is 44.0. The SMILES string of the molecule is N#Cc1ccc(OC2CCC(N)CC2)cc1C(F)(F)F. The topological polar surface area (TPSA) is 59.0 Å². The van der Waals surface area contributed by atoms with Crippen molar-refractivity contribution in [2.24, 2.45) is 5.73 Å². The molecule has 0 spiro atoms. The number of alkyl halides is 3. The van der Waals surface area contributed by atoms with Crippen molar-refractivity contribution in [2.45, 2.75) is 44.0 Å². The van der Waals surface area contributed by atoms with Crippen LogP contribution >= 0.6 is 0 Å². The predicted octanol–water partition coefficient (Wildman–Crippen LogP) is 3.23. The van der Waals surface area contributed by atoms with Gasteiger partial charge in [-0.2, -0.15) is 18.4 Å². The number of ether oxygens (including phenoxy) is 1. The van der Waals surface area contributed by atoms with E-state index >= 15 is 0 Å². The van der Waals surface area contributed by atoms with E-state index in [1.807, 2.05) is 0 Å². The van der Waals surface area contributed by atoms with Gasteiger partial charge in [-0.1, -0.05) is 0 Å². The first-order valence-electron chi connectivity index (χ1n) is 6.43. The predicted molar refractivity (Wildman–Crippen MR) is 67.0 cm³/mol. The molecule has 2 rings (SSSR count). The van der Waals surface area contributed by atoms with Crippen LogP contribution < -0.4 is 10.5 Å². The van der Waals surface area contributed by atoms with Crippen molar-refractivity contribution in [3.05, 3.63) is 29.3 Å². The lowest BCUT2D eigenvalue weighted by molar-refractivity contribution is -0.137. The maximum atomic E-state index is 12.8. The standard InChI is InChI=1S/C14H15F3N2O/c15-14(16,17)13-7-12(4-1-9(13)8-18)20-11-5-2-10(19)3-6-11/h1,4,7,10-11H,2-3,5-6,19H2. The van der Waals surface area contributed by atoms with Gasteiger partial charge in [-0.05, 0) is 43.9 Å². The molecule has 0 aliphatic heterocycles. The first kappa shape index (κ1) is 14.7. The zero-order chi connectivity index (χ0) is 14.8. The lowest BCUT2D eigenvalue weighted by atomic mass is 9.93. The molecular weight excluding hydrogens is 269 g/mol. The van der Waals surface area contributed by atoms with Gasteiger partial charge in [0, 0.05) is 6.04 Å². The maximum absolute atomic E-state index is 12.8. The molecule has 0 bridgehead atoms. The number of hydrogen-bond acceptors (Lipinski definition) is 3. The number of benzene rings is 1. The van der Waals surface area contributed by atoms with Crippen molar-refractivity contribution in [3.8, 4) is 11.8 Å². The molecule has 108 valence electrons. The van der Waals surface area contributed by atoms with Crippen molar-refractivity contribution in [1.29, 1.82) is 5.26 Å². The van der Waals surface area contributed by atoms with Crippen molar-refractivity contribution in [3.63, 3.8) is 0 Å². The van der Waals surface area contributed by atoms with Gasteiger partial charge in [-0.15, -0.1) is 0 Å². The summed E-state index contributed by atoms with van der Waals surface area (Å²) in [7, 11) is 0. The number of halogens is 3. The third kappa shape index (κ3) is 3.42. The summed E-state index contributed by atoms with van der Waals surface area (Å²) in [6.07, 6.45) is -1.56. The highest BCUT2D eigenvalue weighted by Crippen LogP contribution is 2.35. The average Bonchev–Trinajstić information content (AvgIpc) is 2.40. The lowest BCUT2D eigenvalue weighted by Crippen LogP contribution is -2.31. The van der Waals surface area contributed by atoms with E-state index in [0.29, 0.717) is 0 Å². The molecule has 1 aliphatic rings. The van der Waals surface area contributed by atoms with E-state index in [0.717, 1.165) is 37.8 Å². The van der Waals surface area contributed by atoms with Crippen LogP contribution in [0.2, 0.25) is 0 Å². The van der Waals surface area contributed by atoms with E-state index in [4.69, 9.17) is 15.7 Å². The quantitative estimate of drug-likeness (QED) is 0.907. The van der Waals surface area contributed by atoms with Crippen LogP contribution in [0.5, 0.6) is 5.75 Å². The number of nitrogens with two attached hydrogens (primary N) is 1. The number of nitrogens with zero attached hydrogens (tertiary/aromatic N) is 1. The van der Waals surface area contributed by atoms with Crippen LogP contribution in [0.15, 0.2) is 18.2 Å². The Morgan fingerprint density at radius 3 is 2.40 bits per heavy atom. The minimum atomic E-state index is -4.56.